The molecular weight excluding hydrogens is 314 g/mol. The van der Waals surface area contributed by atoms with Gasteiger partial charge < -0.3 is 5.32 Å². The van der Waals surface area contributed by atoms with E-state index in [2.05, 4.69) is 15.7 Å². The lowest BCUT2D eigenvalue weighted by Crippen LogP contribution is -2.46. The molecule has 2 heterocycles. The van der Waals surface area contributed by atoms with Crippen LogP contribution in [-0.2, 0) is 6.42 Å². The molecule has 0 aliphatic heterocycles. The van der Waals surface area contributed by atoms with Crippen LogP contribution in [-0.4, -0.2) is 22.6 Å². The number of rotatable bonds is 5. The van der Waals surface area contributed by atoms with E-state index in [4.69, 9.17) is 4.98 Å². The van der Waals surface area contributed by atoms with E-state index in [1.54, 1.807) is 11.3 Å². The molecule has 1 unspecified atom stereocenters. The summed E-state index contributed by atoms with van der Waals surface area (Å²) in [5.74, 6) is 0. The SMILES string of the molecule is c1ccc(-c2csc(CCNC3CCCCC34CCCC4)n2)nc1. The Morgan fingerprint density at radius 1 is 1.08 bits per heavy atom. The van der Waals surface area contributed by atoms with Crippen molar-refractivity contribution in [2.24, 2.45) is 5.41 Å². The maximum atomic E-state index is 4.77. The van der Waals surface area contributed by atoms with Gasteiger partial charge in [-0.3, -0.25) is 4.98 Å². The molecule has 0 bridgehead atoms. The average Bonchev–Trinajstić information content (AvgIpc) is 3.28. The molecule has 0 radical (unpaired) electrons. The van der Waals surface area contributed by atoms with Crippen LogP contribution in [0.25, 0.3) is 11.4 Å². The Balaban J connectivity index is 1.33. The van der Waals surface area contributed by atoms with Crippen molar-refractivity contribution < 1.29 is 0 Å². The van der Waals surface area contributed by atoms with Crippen LogP contribution >= 0.6 is 11.3 Å². The highest BCUT2D eigenvalue weighted by atomic mass is 32.1. The molecule has 2 fully saturated rings. The summed E-state index contributed by atoms with van der Waals surface area (Å²) in [5.41, 5.74) is 2.62. The zero-order valence-corrected chi connectivity index (χ0v) is 15.2. The van der Waals surface area contributed by atoms with E-state index in [1.165, 1.54) is 56.4 Å². The monoisotopic (exact) mass is 341 g/mol. The van der Waals surface area contributed by atoms with E-state index < -0.39 is 0 Å². The van der Waals surface area contributed by atoms with Gasteiger partial charge in [-0.1, -0.05) is 31.7 Å². The first kappa shape index (κ1) is 16.2. The van der Waals surface area contributed by atoms with Crippen LogP contribution < -0.4 is 5.32 Å². The first-order chi connectivity index (χ1) is 11.9. The van der Waals surface area contributed by atoms with Gasteiger partial charge in [-0.05, 0) is 43.2 Å². The quantitative estimate of drug-likeness (QED) is 0.845. The molecule has 1 N–H and O–H groups in total. The minimum absolute atomic E-state index is 0.625. The fourth-order valence-corrected chi connectivity index (χ4v) is 5.51. The Kier molecular flexibility index (Phi) is 4.95. The number of hydrogen-bond donors (Lipinski definition) is 1. The molecule has 2 aliphatic carbocycles. The van der Waals surface area contributed by atoms with E-state index in [0.29, 0.717) is 5.41 Å². The van der Waals surface area contributed by atoms with E-state index in [-0.39, 0.29) is 0 Å². The molecule has 128 valence electrons. The van der Waals surface area contributed by atoms with Gasteiger partial charge in [0.15, 0.2) is 0 Å². The molecule has 4 rings (SSSR count). The van der Waals surface area contributed by atoms with Crippen LogP contribution in [0.5, 0.6) is 0 Å². The van der Waals surface area contributed by atoms with Gasteiger partial charge >= 0.3 is 0 Å². The molecular formula is C20H27N3S. The molecule has 2 aliphatic rings. The molecule has 0 aromatic carbocycles. The number of nitrogens with one attached hydrogen (secondary N) is 1. The van der Waals surface area contributed by atoms with Crippen molar-refractivity contribution >= 4 is 11.3 Å². The summed E-state index contributed by atoms with van der Waals surface area (Å²) in [6, 6.07) is 6.74. The number of nitrogens with zero attached hydrogens (tertiary/aromatic N) is 2. The second-order valence-corrected chi connectivity index (χ2v) is 8.36. The predicted octanol–water partition coefficient (Wildman–Crippen LogP) is 4.84. The second kappa shape index (κ2) is 7.32. The highest BCUT2D eigenvalue weighted by molar-refractivity contribution is 7.09. The van der Waals surface area contributed by atoms with Crippen molar-refractivity contribution in [3.8, 4) is 11.4 Å². The van der Waals surface area contributed by atoms with Gasteiger partial charge in [0.25, 0.3) is 0 Å². The molecule has 2 aromatic rings. The topological polar surface area (TPSA) is 37.8 Å². The van der Waals surface area contributed by atoms with Crippen LogP contribution in [0.3, 0.4) is 0 Å². The van der Waals surface area contributed by atoms with Gasteiger partial charge in [0.1, 0.15) is 0 Å². The molecule has 24 heavy (non-hydrogen) atoms. The van der Waals surface area contributed by atoms with Gasteiger partial charge in [0.2, 0.25) is 0 Å². The number of aromatic nitrogens is 2. The predicted molar refractivity (Wildman–Crippen MR) is 100 cm³/mol. The minimum Gasteiger partial charge on any atom is -0.313 e. The zero-order valence-electron chi connectivity index (χ0n) is 14.3. The summed E-state index contributed by atoms with van der Waals surface area (Å²) in [4.78, 5) is 9.16. The summed E-state index contributed by atoms with van der Waals surface area (Å²) >= 11 is 1.76. The Morgan fingerprint density at radius 2 is 1.92 bits per heavy atom. The van der Waals surface area contributed by atoms with Gasteiger partial charge in [-0.2, -0.15) is 0 Å². The average molecular weight is 342 g/mol. The fourth-order valence-electron chi connectivity index (χ4n) is 4.71. The summed E-state index contributed by atoms with van der Waals surface area (Å²) in [6.07, 6.45) is 14.3. The van der Waals surface area contributed by atoms with Gasteiger partial charge in [0, 0.05) is 30.6 Å². The Bertz CT molecular complexity index is 646. The lowest BCUT2D eigenvalue weighted by molar-refractivity contribution is 0.131. The third-order valence-corrected chi connectivity index (χ3v) is 6.87. The van der Waals surface area contributed by atoms with E-state index >= 15 is 0 Å². The summed E-state index contributed by atoms with van der Waals surface area (Å²) in [5, 5.41) is 7.26. The van der Waals surface area contributed by atoms with Crippen LogP contribution in [0.2, 0.25) is 0 Å². The van der Waals surface area contributed by atoms with Gasteiger partial charge in [-0.25, -0.2) is 4.98 Å². The molecule has 0 saturated heterocycles. The van der Waals surface area contributed by atoms with Crippen molar-refractivity contribution in [3.05, 3.63) is 34.8 Å². The Labute approximate surface area is 148 Å². The highest BCUT2D eigenvalue weighted by Crippen LogP contribution is 2.49. The molecule has 1 atom stereocenters. The van der Waals surface area contributed by atoms with Crippen molar-refractivity contribution in [2.75, 3.05) is 6.54 Å². The summed E-state index contributed by atoms with van der Waals surface area (Å²) in [7, 11) is 0. The van der Waals surface area contributed by atoms with E-state index in [0.717, 1.165) is 30.4 Å². The van der Waals surface area contributed by atoms with Crippen molar-refractivity contribution in [1.82, 2.24) is 15.3 Å². The number of pyridine rings is 1. The maximum Gasteiger partial charge on any atom is 0.0998 e. The van der Waals surface area contributed by atoms with Crippen LogP contribution in [0.15, 0.2) is 29.8 Å². The van der Waals surface area contributed by atoms with E-state index in [1.807, 2.05) is 24.4 Å². The molecule has 2 saturated carbocycles. The first-order valence-corrected chi connectivity index (χ1v) is 10.3. The Hall–Kier alpha value is -1.26. The minimum atomic E-state index is 0.625. The number of hydrogen-bond acceptors (Lipinski definition) is 4. The molecule has 0 amide bonds. The lowest BCUT2D eigenvalue weighted by Gasteiger charge is -2.42. The second-order valence-electron chi connectivity index (χ2n) is 7.41. The van der Waals surface area contributed by atoms with Crippen LogP contribution in [0, 0.1) is 5.41 Å². The first-order valence-electron chi connectivity index (χ1n) is 9.45. The third-order valence-electron chi connectivity index (χ3n) is 5.96. The molecule has 2 aromatic heterocycles. The van der Waals surface area contributed by atoms with Gasteiger partial charge in [0.05, 0.1) is 16.4 Å². The van der Waals surface area contributed by atoms with Gasteiger partial charge in [-0.15, -0.1) is 11.3 Å². The standard InChI is InChI=1S/C20H27N3S/c1-3-10-20(11-4-5-12-20)18(8-1)22-14-9-19-23-17(15-24-19)16-7-2-6-13-21-16/h2,6-7,13,15,18,22H,1,3-5,8-12,14H2. The molecule has 1 spiro atoms. The largest absolute Gasteiger partial charge is 0.313 e. The summed E-state index contributed by atoms with van der Waals surface area (Å²) in [6.45, 7) is 1.06. The smallest absolute Gasteiger partial charge is 0.0998 e. The van der Waals surface area contributed by atoms with Crippen LogP contribution in [0.4, 0.5) is 0 Å². The van der Waals surface area contributed by atoms with Crippen molar-refractivity contribution in [3.63, 3.8) is 0 Å². The molecule has 3 nitrogen and oxygen atoms in total. The number of thiazole rings is 1. The van der Waals surface area contributed by atoms with Crippen molar-refractivity contribution in [2.45, 2.75) is 63.8 Å². The fraction of sp³-hybridized carbons (Fsp3) is 0.600. The third kappa shape index (κ3) is 3.40. The summed E-state index contributed by atoms with van der Waals surface area (Å²) < 4.78 is 0. The highest BCUT2D eigenvalue weighted by Gasteiger charge is 2.42. The van der Waals surface area contributed by atoms with E-state index in [9.17, 15) is 0 Å². The molecule has 4 heteroatoms. The maximum absolute atomic E-state index is 4.77. The van der Waals surface area contributed by atoms with Crippen molar-refractivity contribution in [1.29, 1.82) is 0 Å². The zero-order chi connectivity index (χ0) is 16.2. The van der Waals surface area contributed by atoms with Crippen LogP contribution in [0.1, 0.15) is 56.4 Å². The Morgan fingerprint density at radius 3 is 2.71 bits per heavy atom. The lowest BCUT2D eigenvalue weighted by atomic mass is 9.69. The normalized spacial score (nSPS) is 22.9.